The lowest BCUT2D eigenvalue weighted by atomic mass is 10.2. The number of ether oxygens (including phenoxy) is 1. The number of carbonyl (C=O) groups is 1. The Kier molecular flexibility index (Phi) is 3.81. The fourth-order valence-corrected chi connectivity index (χ4v) is 2.36. The lowest BCUT2D eigenvalue weighted by Crippen LogP contribution is -2.27. The van der Waals surface area contributed by atoms with Crippen LogP contribution in [0, 0.1) is 6.92 Å². The molecule has 0 radical (unpaired) electrons. The number of rotatable bonds is 3. The van der Waals surface area contributed by atoms with Crippen molar-refractivity contribution in [1.82, 2.24) is 15.1 Å². The Morgan fingerprint density at radius 2 is 1.95 bits per heavy atom. The standard InChI is InChI=1S/C16H17N3O2/c1-12-7-8-15(18-17-12)21-14-6-4-5-13(11-14)16(20)19-9-2-3-10-19/h4-8,11H,2-3,9-10H2,1H3. The normalized spacial score (nSPS) is 14.2. The predicted octanol–water partition coefficient (Wildman–Crippen LogP) is 2.81. The van der Waals surface area contributed by atoms with E-state index in [1.54, 1.807) is 12.1 Å². The third kappa shape index (κ3) is 3.18. The maximum atomic E-state index is 12.3. The molecule has 0 atom stereocenters. The summed E-state index contributed by atoms with van der Waals surface area (Å²) in [5.74, 6) is 1.08. The van der Waals surface area contributed by atoms with E-state index in [0.717, 1.165) is 31.6 Å². The molecule has 2 heterocycles. The minimum atomic E-state index is 0.0629. The Bertz CT molecular complexity index is 634. The van der Waals surface area contributed by atoms with Gasteiger partial charge in [-0.2, -0.15) is 5.10 Å². The summed E-state index contributed by atoms with van der Waals surface area (Å²) in [5, 5.41) is 7.90. The van der Waals surface area contributed by atoms with Crippen molar-refractivity contribution in [2.75, 3.05) is 13.1 Å². The Labute approximate surface area is 123 Å². The smallest absolute Gasteiger partial charge is 0.253 e. The summed E-state index contributed by atoms with van der Waals surface area (Å²) in [6.07, 6.45) is 2.17. The van der Waals surface area contributed by atoms with Gasteiger partial charge in [-0.3, -0.25) is 4.79 Å². The molecule has 21 heavy (non-hydrogen) atoms. The van der Waals surface area contributed by atoms with E-state index in [1.165, 1.54) is 0 Å². The molecule has 1 saturated heterocycles. The molecule has 0 saturated carbocycles. The van der Waals surface area contributed by atoms with Crippen LogP contribution in [0.15, 0.2) is 36.4 Å². The number of nitrogens with zero attached hydrogens (tertiary/aromatic N) is 3. The van der Waals surface area contributed by atoms with Crippen LogP contribution in [0.1, 0.15) is 28.9 Å². The summed E-state index contributed by atoms with van der Waals surface area (Å²) < 4.78 is 5.64. The quantitative estimate of drug-likeness (QED) is 0.869. The first kappa shape index (κ1) is 13.5. The average molecular weight is 283 g/mol. The fraction of sp³-hybridized carbons (Fsp3) is 0.312. The van der Waals surface area contributed by atoms with Crippen molar-refractivity contribution in [2.45, 2.75) is 19.8 Å². The summed E-state index contributed by atoms with van der Waals surface area (Å²) in [4.78, 5) is 14.2. The molecular weight excluding hydrogens is 266 g/mol. The van der Waals surface area contributed by atoms with Gasteiger partial charge in [0.15, 0.2) is 0 Å². The van der Waals surface area contributed by atoms with Crippen molar-refractivity contribution in [3.63, 3.8) is 0 Å². The molecule has 1 aliphatic rings. The second kappa shape index (κ2) is 5.91. The van der Waals surface area contributed by atoms with Crippen molar-refractivity contribution in [2.24, 2.45) is 0 Å². The summed E-state index contributed by atoms with van der Waals surface area (Å²) in [6.45, 7) is 3.55. The molecule has 1 aromatic heterocycles. The van der Waals surface area contributed by atoms with Gasteiger partial charge in [-0.25, -0.2) is 0 Å². The van der Waals surface area contributed by atoms with Crippen molar-refractivity contribution in [3.05, 3.63) is 47.7 Å². The molecule has 5 nitrogen and oxygen atoms in total. The average Bonchev–Trinajstić information content (AvgIpc) is 3.03. The lowest BCUT2D eigenvalue weighted by Gasteiger charge is -2.15. The van der Waals surface area contributed by atoms with Gasteiger partial charge in [0.1, 0.15) is 5.75 Å². The predicted molar refractivity (Wildman–Crippen MR) is 78.4 cm³/mol. The molecule has 0 aliphatic carbocycles. The van der Waals surface area contributed by atoms with Crippen LogP contribution in [-0.2, 0) is 0 Å². The summed E-state index contributed by atoms with van der Waals surface area (Å²) in [7, 11) is 0. The molecule has 1 amide bonds. The lowest BCUT2D eigenvalue weighted by molar-refractivity contribution is 0.0792. The van der Waals surface area contributed by atoms with Crippen molar-refractivity contribution >= 4 is 5.91 Å². The van der Waals surface area contributed by atoms with Crippen LogP contribution in [0.4, 0.5) is 0 Å². The SMILES string of the molecule is Cc1ccc(Oc2cccc(C(=O)N3CCCC3)c2)nn1. The van der Waals surface area contributed by atoms with Crippen molar-refractivity contribution in [3.8, 4) is 11.6 Å². The number of aromatic nitrogens is 2. The van der Waals surface area contributed by atoms with Crippen LogP contribution in [0.25, 0.3) is 0 Å². The topological polar surface area (TPSA) is 55.3 Å². The first-order valence-corrected chi connectivity index (χ1v) is 7.10. The number of hydrogen-bond donors (Lipinski definition) is 0. The minimum Gasteiger partial charge on any atom is -0.438 e. The van der Waals surface area contributed by atoms with E-state index in [0.29, 0.717) is 17.2 Å². The van der Waals surface area contributed by atoms with Crippen molar-refractivity contribution in [1.29, 1.82) is 0 Å². The highest BCUT2D eigenvalue weighted by molar-refractivity contribution is 5.94. The molecule has 0 N–H and O–H groups in total. The number of likely N-dealkylation sites (tertiary alicyclic amines) is 1. The number of carbonyl (C=O) groups excluding carboxylic acids is 1. The molecule has 2 aromatic rings. The van der Waals surface area contributed by atoms with Crippen LogP contribution in [0.2, 0.25) is 0 Å². The number of hydrogen-bond acceptors (Lipinski definition) is 4. The molecule has 0 unspecified atom stereocenters. The monoisotopic (exact) mass is 283 g/mol. The Morgan fingerprint density at radius 3 is 2.67 bits per heavy atom. The highest BCUT2D eigenvalue weighted by atomic mass is 16.5. The fourth-order valence-electron chi connectivity index (χ4n) is 2.36. The molecule has 1 aromatic carbocycles. The number of benzene rings is 1. The molecule has 0 bridgehead atoms. The zero-order valence-electron chi connectivity index (χ0n) is 12.0. The van der Waals surface area contributed by atoms with Gasteiger partial charge in [0.05, 0.1) is 5.69 Å². The largest absolute Gasteiger partial charge is 0.438 e. The molecule has 0 spiro atoms. The van der Waals surface area contributed by atoms with E-state index in [2.05, 4.69) is 10.2 Å². The van der Waals surface area contributed by atoms with Gasteiger partial charge >= 0.3 is 0 Å². The Morgan fingerprint density at radius 1 is 1.14 bits per heavy atom. The van der Waals surface area contributed by atoms with E-state index >= 15 is 0 Å². The second-order valence-corrected chi connectivity index (χ2v) is 5.14. The zero-order valence-corrected chi connectivity index (χ0v) is 12.0. The molecular formula is C16H17N3O2. The molecule has 1 aliphatic heterocycles. The maximum Gasteiger partial charge on any atom is 0.253 e. The molecule has 5 heteroatoms. The van der Waals surface area contributed by atoms with E-state index in [9.17, 15) is 4.79 Å². The van der Waals surface area contributed by atoms with Crippen LogP contribution >= 0.6 is 0 Å². The van der Waals surface area contributed by atoms with Gasteiger partial charge in [0, 0.05) is 24.7 Å². The van der Waals surface area contributed by atoms with Crippen LogP contribution < -0.4 is 4.74 Å². The Hall–Kier alpha value is -2.43. The van der Waals surface area contributed by atoms with Gasteiger partial charge in [-0.15, -0.1) is 5.10 Å². The van der Waals surface area contributed by atoms with E-state index < -0.39 is 0 Å². The third-order valence-corrected chi connectivity index (χ3v) is 3.47. The van der Waals surface area contributed by atoms with E-state index in [1.807, 2.05) is 36.1 Å². The van der Waals surface area contributed by atoms with Gasteiger partial charge in [-0.1, -0.05) is 6.07 Å². The maximum absolute atomic E-state index is 12.3. The summed E-state index contributed by atoms with van der Waals surface area (Å²) >= 11 is 0. The van der Waals surface area contributed by atoms with Gasteiger partial charge < -0.3 is 9.64 Å². The number of aryl methyl sites for hydroxylation is 1. The highest BCUT2D eigenvalue weighted by Crippen LogP contribution is 2.21. The van der Waals surface area contributed by atoms with Gasteiger partial charge in [0.2, 0.25) is 5.88 Å². The van der Waals surface area contributed by atoms with E-state index in [4.69, 9.17) is 4.74 Å². The molecule has 3 rings (SSSR count). The first-order chi connectivity index (χ1) is 10.2. The highest BCUT2D eigenvalue weighted by Gasteiger charge is 2.19. The van der Waals surface area contributed by atoms with Gasteiger partial charge in [-0.05, 0) is 44.0 Å². The van der Waals surface area contributed by atoms with Crippen LogP contribution in [0.5, 0.6) is 11.6 Å². The molecule has 1 fully saturated rings. The minimum absolute atomic E-state index is 0.0629. The second-order valence-electron chi connectivity index (χ2n) is 5.14. The Balaban J connectivity index is 1.76. The van der Waals surface area contributed by atoms with Gasteiger partial charge in [0.25, 0.3) is 5.91 Å². The first-order valence-electron chi connectivity index (χ1n) is 7.10. The third-order valence-electron chi connectivity index (χ3n) is 3.47. The summed E-state index contributed by atoms with van der Waals surface area (Å²) in [5.41, 5.74) is 1.48. The van der Waals surface area contributed by atoms with E-state index in [-0.39, 0.29) is 5.91 Å². The number of amides is 1. The van der Waals surface area contributed by atoms with Crippen LogP contribution in [-0.4, -0.2) is 34.1 Å². The zero-order chi connectivity index (χ0) is 14.7. The van der Waals surface area contributed by atoms with Crippen molar-refractivity contribution < 1.29 is 9.53 Å². The summed E-state index contributed by atoms with van der Waals surface area (Å²) in [6, 6.07) is 10.8. The molecule has 108 valence electrons. The van der Waals surface area contributed by atoms with Crippen LogP contribution in [0.3, 0.4) is 0 Å².